The van der Waals surface area contributed by atoms with E-state index in [0.717, 1.165) is 34.2 Å². The molecule has 1 saturated heterocycles. The van der Waals surface area contributed by atoms with Gasteiger partial charge in [0.15, 0.2) is 0 Å². The molecule has 0 unspecified atom stereocenters. The summed E-state index contributed by atoms with van der Waals surface area (Å²) < 4.78 is 1.21. The first-order valence-electron chi connectivity index (χ1n) is 10.5. The summed E-state index contributed by atoms with van der Waals surface area (Å²) in [5.74, 6) is 0.00695. The van der Waals surface area contributed by atoms with E-state index in [1.54, 1.807) is 11.3 Å². The van der Waals surface area contributed by atoms with Crippen molar-refractivity contribution in [1.29, 1.82) is 0 Å². The van der Waals surface area contributed by atoms with Gasteiger partial charge in [-0.15, -0.1) is 23.1 Å². The Bertz CT molecular complexity index is 1120. The molecule has 1 fully saturated rings. The monoisotopic (exact) mass is 452 g/mol. The maximum atomic E-state index is 13.1. The number of para-hydroxylation sites is 1. The Labute approximate surface area is 189 Å². The molecule has 6 nitrogen and oxygen atoms in total. The summed E-state index contributed by atoms with van der Waals surface area (Å²) in [5.41, 5.74) is 2.42. The van der Waals surface area contributed by atoms with Crippen LogP contribution in [0.25, 0.3) is 10.2 Å². The molecule has 3 heterocycles. The van der Waals surface area contributed by atoms with Gasteiger partial charge in [-0.2, -0.15) is 0 Å². The topological polar surface area (TPSA) is 65.5 Å². The normalized spacial score (nSPS) is 20.4. The van der Waals surface area contributed by atoms with Crippen molar-refractivity contribution < 1.29 is 9.59 Å². The first kappa shape index (κ1) is 20.5. The van der Waals surface area contributed by atoms with E-state index in [2.05, 4.69) is 29.3 Å². The highest BCUT2D eigenvalue weighted by Crippen LogP contribution is 2.36. The van der Waals surface area contributed by atoms with Crippen LogP contribution in [-0.2, 0) is 4.79 Å². The first-order valence-corrected chi connectivity index (χ1v) is 12.2. The molecule has 3 aromatic rings. The molecule has 0 aliphatic carbocycles. The number of thioether (sulfide) groups is 1. The van der Waals surface area contributed by atoms with E-state index in [-0.39, 0.29) is 23.1 Å². The van der Waals surface area contributed by atoms with E-state index in [1.165, 1.54) is 16.5 Å². The maximum Gasteiger partial charge on any atom is 0.254 e. The summed E-state index contributed by atoms with van der Waals surface area (Å²) in [7, 11) is 0. The molecule has 2 aliphatic rings. The lowest BCUT2D eigenvalue weighted by molar-refractivity contribution is -0.115. The summed E-state index contributed by atoms with van der Waals surface area (Å²) in [4.78, 5) is 35.2. The van der Waals surface area contributed by atoms with Crippen molar-refractivity contribution in [2.45, 2.75) is 30.0 Å². The largest absolute Gasteiger partial charge is 0.336 e. The number of hydrogen-bond donors (Lipinski definition) is 1. The van der Waals surface area contributed by atoms with Crippen LogP contribution >= 0.6 is 23.1 Å². The second-order valence-electron chi connectivity index (χ2n) is 7.98. The first-order chi connectivity index (χ1) is 15.0. The lowest BCUT2D eigenvalue weighted by Crippen LogP contribution is -2.49. The average Bonchev–Trinajstić information content (AvgIpc) is 3.23. The summed E-state index contributed by atoms with van der Waals surface area (Å²) in [6.45, 7) is 7.08. The zero-order valence-corrected chi connectivity index (χ0v) is 19.1. The van der Waals surface area contributed by atoms with Crippen LogP contribution in [0.5, 0.6) is 0 Å². The highest BCUT2D eigenvalue weighted by molar-refractivity contribution is 8.00. The predicted molar refractivity (Wildman–Crippen MR) is 126 cm³/mol. The number of aromatic nitrogens is 1. The Balaban J connectivity index is 1.24. The predicted octanol–water partition coefficient (Wildman–Crippen LogP) is 4.25. The quantitative estimate of drug-likeness (QED) is 0.644. The summed E-state index contributed by atoms with van der Waals surface area (Å²) >= 11 is 3.28. The number of thiazole rings is 1. The molecule has 2 atom stereocenters. The van der Waals surface area contributed by atoms with Crippen LogP contribution < -0.4 is 5.32 Å². The number of anilines is 1. The number of nitrogens with one attached hydrogen (secondary N) is 1. The molecule has 160 valence electrons. The van der Waals surface area contributed by atoms with Gasteiger partial charge in [0.25, 0.3) is 5.91 Å². The molecule has 0 bridgehead atoms. The van der Waals surface area contributed by atoms with Gasteiger partial charge in [0.05, 0.1) is 27.2 Å². The fourth-order valence-corrected chi connectivity index (χ4v) is 6.05. The Kier molecular flexibility index (Phi) is 5.45. The molecule has 0 radical (unpaired) electrons. The molecule has 2 aliphatic heterocycles. The zero-order chi connectivity index (χ0) is 21.5. The number of nitrogens with zero attached hydrogens (tertiary/aromatic N) is 3. The fourth-order valence-electron chi connectivity index (χ4n) is 4.06. The van der Waals surface area contributed by atoms with Crippen molar-refractivity contribution in [3.05, 3.63) is 53.0 Å². The standard InChI is InChI=1S/C23H24N4O2S2/c1-14(22-25-17-5-3-4-6-19(17)31-22)26-9-11-27(12-10-26)23(29)16-7-8-20-18(13-16)24-21(28)15(2)30-20/h3-8,13-15H,9-12H2,1-2H3,(H,24,28)/t14-,15-/m1/s1. The third-order valence-corrected chi connectivity index (χ3v) is 8.36. The van der Waals surface area contributed by atoms with Gasteiger partial charge >= 0.3 is 0 Å². The minimum absolute atomic E-state index is 0.0143. The molecule has 1 aromatic heterocycles. The van der Waals surface area contributed by atoms with Gasteiger partial charge in [-0.05, 0) is 44.2 Å². The Morgan fingerprint density at radius 2 is 1.94 bits per heavy atom. The number of fused-ring (bicyclic) bond motifs is 2. The van der Waals surface area contributed by atoms with Crippen molar-refractivity contribution in [2.24, 2.45) is 0 Å². The molecule has 0 saturated carbocycles. The minimum atomic E-state index is -0.112. The minimum Gasteiger partial charge on any atom is -0.336 e. The molecule has 2 aromatic carbocycles. The van der Waals surface area contributed by atoms with E-state index < -0.39 is 0 Å². The van der Waals surface area contributed by atoms with Crippen LogP contribution in [0.2, 0.25) is 0 Å². The Morgan fingerprint density at radius 1 is 1.16 bits per heavy atom. The van der Waals surface area contributed by atoms with Crippen molar-refractivity contribution in [2.75, 3.05) is 31.5 Å². The number of benzene rings is 2. The van der Waals surface area contributed by atoms with Crippen LogP contribution in [0.4, 0.5) is 5.69 Å². The number of hydrogen-bond acceptors (Lipinski definition) is 6. The molecular formula is C23H24N4O2S2. The van der Waals surface area contributed by atoms with Crippen LogP contribution in [-0.4, -0.2) is 58.0 Å². The zero-order valence-electron chi connectivity index (χ0n) is 17.5. The van der Waals surface area contributed by atoms with Gasteiger partial charge in [-0.1, -0.05) is 12.1 Å². The van der Waals surface area contributed by atoms with Gasteiger partial charge in [0.2, 0.25) is 5.91 Å². The maximum absolute atomic E-state index is 13.1. The third kappa shape index (κ3) is 3.95. The van der Waals surface area contributed by atoms with Gasteiger partial charge < -0.3 is 10.2 Å². The third-order valence-electron chi connectivity index (χ3n) is 5.97. The SMILES string of the molecule is C[C@H](c1nc2ccccc2s1)N1CCN(C(=O)c2ccc3c(c2)NC(=O)[C@@H](C)S3)CC1. The molecule has 5 rings (SSSR count). The summed E-state index contributed by atoms with van der Waals surface area (Å²) in [5, 5.41) is 3.93. The highest BCUT2D eigenvalue weighted by Gasteiger charge is 2.28. The van der Waals surface area contributed by atoms with Gasteiger partial charge in [-0.3, -0.25) is 14.5 Å². The lowest BCUT2D eigenvalue weighted by atomic mass is 10.1. The van der Waals surface area contributed by atoms with Crippen molar-refractivity contribution >= 4 is 50.8 Å². The number of amides is 2. The number of piperazine rings is 1. The van der Waals surface area contributed by atoms with E-state index in [9.17, 15) is 9.59 Å². The smallest absolute Gasteiger partial charge is 0.254 e. The second-order valence-corrected chi connectivity index (χ2v) is 10.4. The van der Waals surface area contributed by atoms with E-state index in [0.29, 0.717) is 18.7 Å². The van der Waals surface area contributed by atoms with Gasteiger partial charge in [0, 0.05) is 36.6 Å². The van der Waals surface area contributed by atoms with Crippen LogP contribution in [0, 0.1) is 0 Å². The second kappa shape index (κ2) is 8.26. The fraction of sp³-hybridized carbons (Fsp3) is 0.348. The molecule has 0 spiro atoms. The highest BCUT2D eigenvalue weighted by atomic mass is 32.2. The van der Waals surface area contributed by atoms with Crippen LogP contribution in [0.3, 0.4) is 0 Å². The van der Waals surface area contributed by atoms with Crippen molar-refractivity contribution in [3.8, 4) is 0 Å². The van der Waals surface area contributed by atoms with E-state index >= 15 is 0 Å². The average molecular weight is 453 g/mol. The molecular weight excluding hydrogens is 428 g/mol. The van der Waals surface area contributed by atoms with Crippen LogP contribution in [0.15, 0.2) is 47.4 Å². The summed E-state index contributed by atoms with van der Waals surface area (Å²) in [6, 6.07) is 14.1. The number of rotatable bonds is 3. The molecule has 2 amide bonds. The van der Waals surface area contributed by atoms with Crippen molar-refractivity contribution in [3.63, 3.8) is 0 Å². The molecule has 1 N–H and O–H groups in total. The Hall–Kier alpha value is -2.42. The van der Waals surface area contributed by atoms with E-state index in [4.69, 9.17) is 4.98 Å². The molecule has 31 heavy (non-hydrogen) atoms. The van der Waals surface area contributed by atoms with Crippen molar-refractivity contribution in [1.82, 2.24) is 14.8 Å². The number of carbonyl (C=O) groups excluding carboxylic acids is 2. The van der Waals surface area contributed by atoms with Crippen LogP contribution in [0.1, 0.15) is 35.3 Å². The van der Waals surface area contributed by atoms with Gasteiger partial charge in [0.1, 0.15) is 5.01 Å². The summed E-state index contributed by atoms with van der Waals surface area (Å²) in [6.07, 6.45) is 0. The molecule has 8 heteroatoms. The lowest BCUT2D eigenvalue weighted by Gasteiger charge is -2.37. The number of carbonyl (C=O) groups is 2. The van der Waals surface area contributed by atoms with E-state index in [1.807, 2.05) is 42.2 Å². The Morgan fingerprint density at radius 3 is 2.71 bits per heavy atom. The van der Waals surface area contributed by atoms with Gasteiger partial charge in [-0.25, -0.2) is 4.98 Å².